The number of methoxy groups -OCH3 is 1. The first-order valence-corrected chi connectivity index (χ1v) is 5.63. The van der Waals surface area contributed by atoms with E-state index in [1.54, 1.807) is 13.2 Å². The zero-order chi connectivity index (χ0) is 12.1. The first-order valence-electron chi connectivity index (χ1n) is 5.25. The van der Waals surface area contributed by atoms with E-state index in [4.69, 9.17) is 26.8 Å². The van der Waals surface area contributed by atoms with Crippen LogP contribution in [0.2, 0.25) is 5.02 Å². The summed E-state index contributed by atoms with van der Waals surface area (Å²) in [6.07, 6.45) is 0.00205. The molecule has 0 saturated heterocycles. The number of ether oxygens (including phenoxy) is 2. The van der Waals surface area contributed by atoms with Crippen LogP contribution in [0.25, 0.3) is 0 Å². The smallest absolute Gasteiger partial charge is 0.121 e. The lowest BCUT2D eigenvalue weighted by Gasteiger charge is -2.15. The summed E-state index contributed by atoms with van der Waals surface area (Å²) in [5.74, 6) is 0.735. The van der Waals surface area contributed by atoms with Gasteiger partial charge in [0.1, 0.15) is 11.9 Å². The van der Waals surface area contributed by atoms with Crippen LogP contribution >= 0.6 is 11.6 Å². The minimum atomic E-state index is -0.0713. The number of rotatable bonds is 5. The fourth-order valence-electron chi connectivity index (χ4n) is 1.45. The van der Waals surface area contributed by atoms with Crippen molar-refractivity contribution in [1.82, 2.24) is 0 Å². The second-order valence-corrected chi connectivity index (χ2v) is 4.26. The Kier molecular flexibility index (Phi) is 5.06. The molecule has 0 bridgehead atoms. The highest BCUT2D eigenvalue weighted by Crippen LogP contribution is 2.26. The van der Waals surface area contributed by atoms with Gasteiger partial charge < -0.3 is 15.2 Å². The summed E-state index contributed by atoms with van der Waals surface area (Å²) in [6.45, 7) is 4.39. The van der Waals surface area contributed by atoms with E-state index in [1.165, 1.54) is 0 Å². The van der Waals surface area contributed by atoms with Crippen molar-refractivity contribution in [3.05, 3.63) is 28.8 Å². The number of hydrogen-bond acceptors (Lipinski definition) is 3. The fourth-order valence-corrected chi connectivity index (χ4v) is 1.79. The molecule has 0 fully saturated rings. The molecule has 0 aliphatic rings. The molecular formula is C12H18ClNO2. The Labute approximate surface area is 101 Å². The van der Waals surface area contributed by atoms with E-state index >= 15 is 0 Å². The minimum absolute atomic E-state index is 0.00205. The molecule has 16 heavy (non-hydrogen) atoms. The van der Waals surface area contributed by atoms with E-state index in [9.17, 15) is 0 Å². The molecule has 2 atom stereocenters. The van der Waals surface area contributed by atoms with E-state index in [0.717, 1.165) is 11.3 Å². The van der Waals surface area contributed by atoms with Crippen molar-refractivity contribution in [1.29, 1.82) is 0 Å². The van der Waals surface area contributed by atoms with Crippen LogP contribution in [0.15, 0.2) is 18.2 Å². The Morgan fingerprint density at radius 3 is 2.56 bits per heavy atom. The molecule has 90 valence electrons. The van der Waals surface area contributed by atoms with Crippen molar-refractivity contribution in [2.45, 2.75) is 26.0 Å². The van der Waals surface area contributed by atoms with E-state index in [0.29, 0.717) is 11.6 Å². The summed E-state index contributed by atoms with van der Waals surface area (Å²) >= 11 is 6.09. The summed E-state index contributed by atoms with van der Waals surface area (Å²) in [5.41, 5.74) is 6.69. The third-order valence-electron chi connectivity index (χ3n) is 2.20. The van der Waals surface area contributed by atoms with Crippen LogP contribution in [0.4, 0.5) is 0 Å². The Morgan fingerprint density at radius 1 is 1.38 bits per heavy atom. The van der Waals surface area contributed by atoms with E-state index < -0.39 is 0 Å². The van der Waals surface area contributed by atoms with Crippen LogP contribution in [0.5, 0.6) is 5.75 Å². The van der Waals surface area contributed by atoms with E-state index in [2.05, 4.69) is 0 Å². The Bertz CT molecular complexity index is 342. The van der Waals surface area contributed by atoms with Gasteiger partial charge in [0.05, 0.1) is 6.61 Å². The van der Waals surface area contributed by atoms with Crippen molar-refractivity contribution in [3.63, 3.8) is 0 Å². The third kappa shape index (κ3) is 3.67. The quantitative estimate of drug-likeness (QED) is 0.865. The highest BCUT2D eigenvalue weighted by molar-refractivity contribution is 6.31. The molecule has 0 saturated carbocycles. The molecule has 0 aliphatic carbocycles. The van der Waals surface area contributed by atoms with Crippen LogP contribution in [-0.2, 0) is 4.74 Å². The van der Waals surface area contributed by atoms with Gasteiger partial charge in [0.25, 0.3) is 0 Å². The van der Waals surface area contributed by atoms with Gasteiger partial charge in [-0.3, -0.25) is 0 Å². The summed E-state index contributed by atoms with van der Waals surface area (Å²) in [6, 6.07) is 5.48. The first-order chi connectivity index (χ1) is 7.54. The maximum atomic E-state index is 6.09. The molecule has 1 aromatic carbocycles. The third-order valence-corrected chi connectivity index (χ3v) is 2.53. The van der Waals surface area contributed by atoms with Gasteiger partial charge >= 0.3 is 0 Å². The molecule has 0 aliphatic heterocycles. The van der Waals surface area contributed by atoms with Gasteiger partial charge in [-0.1, -0.05) is 17.7 Å². The Morgan fingerprint density at radius 2 is 2.06 bits per heavy atom. The van der Waals surface area contributed by atoms with Gasteiger partial charge in [0.15, 0.2) is 0 Å². The summed E-state index contributed by atoms with van der Waals surface area (Å²) < 4.78 is 10.6. The molecular weight excluding hydrogens is 226 g/mol. The highest BCUT2D eigenvalue weighted by atomic mass is 35.5. The highest BCUT2D eigenvalue weighted by Gasteiger charge is 2.08. The number of halogens is 1. The van der Waals surface area contributed by atoms with E-state index in [-0.39, 0.29) is 12.1 Å². The summed E-state index contributed by atoms with van der Waals surface area (Å²) in [7, 11) is 1.64. The van der Waals surface area contributed by atoms with Gasteiger partial charge in [0, 0.05) is 18.2 Å². The zero-order valence-electron chi connectivity index (χ0n) is 9.87. The largest absolute Gasteiger partial charge is 0.488 e. The van der Waals surface area contributed by atoms with Crippen molar-refractivity contribution in [2.75, 3.05) is 13.7 Å². The second kappa shape index (κ2) is 6.09. The molecule has 1 aromatic rings. The predicted molar refractivity (Wildman–Crippen MR) is 66.0 cm³/mol. The van der Waals surface area contributed by atoms with Gasteiger partial charge in [-0.05, 0) is 31.5 Å². The molecule has 0 radical (unpaired) electrons. The van der Waals surface area contributed by atoms with Crippen LogP contribution < -0.4 is 10.5 Å². The Balaban J connectivity index is 2.73. The van der Waals surface area contributed by atoms with Crippen molar-refractivity contribution >= 4 is 11.6 Å². The molecule has 0 aromatic heterocycles. The molecule has 2 unspecified atom stereocenters. The average Bonchev–Trinajstić information content (AvgIpc) is 2.17. The maximum Gasteiger partial charge on any atom is 0.121 e. The van der Waals surface area contributed by atoms with Gasteiger partial charge in [0.2, 0.25) is 0 Å². The van der Waals surface area contributed by atoms with Crippen molar-refractivity contribution in [3.8, 4) is 5.75 Å². The van der Waals surface area contributed by atoms with Gasteiger partial charge in [-0.15, -0.1) is 0 Å². The molecule has 1 rings (SSSR count). The zero-order valence-corrected chi connectivity index (χ0v) is 10.6. The fraction of sp³-hybridized carbons (Fsp3) is 0.500. The van der Waals surface area contributed by atoms with Crippen LogP contribution in [0, 0.1) is 0 Å². The van der Waals surface area contributed by atoms with Crippen LogP contribution in [0.3, 0.4) is 0 Å². The first kappa shape index (κ1) is 13.3. The molecule has 0 heterocycles. The van der Waals surface area contributed by atoms with Gasteiger partial charge in [-0.2, -0.15) is 0 Å². The average molecular weight is 244 g/mol. The standard InChI is InChI=1S/C12H18ClNO2/c1-8(7-15-3)16-10-4-5-11(9(2)14)12(13)6-10/h4-6,8-9H,7,14H2,1-3H3. The topological polar surface area (TPSA) is 44.5 Å². The normalized spacial score (nSPS) is 14.6. The number of hydrogen-bond donors (Lipinski definition) is 1. The molecule has 2 N–H and O–H groups in total. The molecule has 0 spiro atoms. The molecule has 0 amide bonds. The van der Waals surface area contributed by atoms with Crippen molar-refractivity contribution in [2.24, 2.45) is 5.73 Å². The Hall–Kier alpha value is -0.770. The lowest BCUT2D eigenvalue weighted by atomic mass is 10.1. The second-order valence-electron chi connectivity index (χ2n) is 3.86. The lowest BCUT2D eigenvalue weighted by molar-refractivity contribution is 0.0921. The monoisotopic (exact) mass is 243 g/mol. The number of benzene rings is 1. The van der Waals surface area contributed by atoms with Gasteiger partial charge in [-0.25, -0.2) is 0 Å². The van der Waals surface area contributed by atoms with Crippen LogP contribution in [0.1, 0.15) is 25.5 Å². The van der Waals surface area contributed by atoms with E-state index in [1.807, 2.05) is 26.0 Å². The maximum absolute atomic E-state index is 6.09. The SMILES string of the molecule is COCC(C)Oc1ccc(C(C)N)c(Cl)c1. The van der Waals surface area contributed by atoms with Crippen molar-refractivity contribution < 1.29 is 9.47 Å². The summed E-state index contributed by atoms with van der Waals surface area (Å²) in [5, 5.41) is 0.636. The minimum Gasteiger partial charge on any atom is -0.488 e. The molecule has 3 nitrogen and oxygen atoms in total. The lowest BCUT2D eigenvalue weighted by Crippen LogP contribution is -2.18. The predicted octanol–water partition coefficient (Wildman–Crippen LogP) is 2.77. The number of nitrogens with two attached hydrogens (primary N) is 1. The summed E-state index contributed by atoms with van der Waals surface area (Å²) in [4.78, 5) is 0. The molecule has 4 heteroatoms. The van der Waals surface area contributed by atoms with Crippen LogP contribution in [-0.4, -0.2) is 19.8 Å².